The van der Waals surface area contributed by atoms with E-state index in [2.05, 4.69) is 24.3 Å². The number of nitrogens with one attached hydrogen (secondary N) is 1. The minimum atomic E-state index is -0.119. The Morgan fingerprint density at radius 1 is 1.53 bits per heavy atom. The molecule has 1 rings (SSSR count). The molecule has 0 fully saturated rings. The Kier molecular flexibility index (Phi) is 5.15. The number of carbonyl (C=O) groups excluding carboxylic acids is 1. The van der Waals surface area contributed by atoms with Gasteiger partial charge in [0.15, 0.2) is 0 Å². The van der Waals surface area contributed by atoms with Crippen LogP contribution in [0.3, 0.4) is 0 Å². The van der Waals surface area contributed by atoms with Gasteiger partial charge in [-0.1, -0.05) is 26.7 Å². The summed E-state index contributed by atoms with van der Waals surface area (Å²) in [6, 6.07) is 1.71. The molecule has 0 aromatic carbocycles. The maximum absolute atomic E-state index is 11.8. The molecule has 0 spiro atoms. The number of nitrogens with zero attached hydrogens (tertiary/aromatic N) is 2. The molecule has 0 aliphatic carbocycles. The monoisotopic (exact) mass is 238 g/mol. The van der Waals surface area contributed by atoms with E-state index in [-0.39, 0.29) is 11.9 Å². The van der Waals surface area contributed by atoms with Gasteiger partial charge in [0.05, 0.1) is 0 Å². The summed E-state index contributed by atoms with van der Waals surface area (Å²) in [5.74, 6) is 0.341. The van der Waals surface area contributed by atoms with Crippen molar-refractivity contribution >= 4 is 5.91 Å². The van der Waals surface area contributed by atoms with Crippen LogP contribution >= 0.6 is 0 Å². The van der Waals surface area contributed by atoms with Gasteiger partial charge in [0, 0.05) is 25.8 Å². The molecule has 0 radical (unpaired) electrons. The summed E-state index contributed by atoms with van der Waals surface area (Å²) in [6.45, 7) is 4.75. The summed E-state index contributed by atoms with van der Waals surface area (Å²) in [5, 5.41) is 6.81. The zero-order valence-electron chi connectivity index (χ0n) is 10.8. The van der Waals surface area contributed by atoms with Gasteiger partial charge < -0.3 is 11.1 Å². The summed E-state index contributed by atoms with van der Waals surface area (Å²) >= 11 is 0. The van der Waals surface area contributed by atoms with Gasteiger partial charge in [0.1, 0.15) is 5.69 Å². The van der Waals surface area contributed by atoms with Crippen LogP contribution in [0, 0.1) is 5.92 Å². The van der Waals surface area contributed by atoms with E-state index in [1.807, 2.05) is 0 Å². The fourth-order valence-corrected chi connectivity index (χ4v) is 1.96. The van der Waals surface area contributed by atoms with Gasteiger partial charge in [-0.25, -0.2) is 0 Å². The standard InChI is InChI=1S/C12H22N4O/c1-4-9(5-2)10(13)8-14-12(17)11-6-7-15-16(11)3/h6-7,9-10H,4-5,8,13H2,1-3H3,(H,14,17). The number of hydrogen-bond donors (Lipinski definition) is 2. The number of aryl methyl sites for hydroxylation is 1. The second-order valence-electron chi connectivity index (χ2n) is 4.29. The molecule has 1 amide bonds. The molecule has 1 unspecified atom stereocenters. The molecule has 17 heavy (non-hydrogen) atoms. The van der Waals surface area contributed by atoms with Crippen molar-refractivity contribution in [1.29, 1.82) is 0 Å². The summed E-state index contributed by atoms with van der Waals surface area (Å²) < 4.78 is 1.55. The number of carbonyl (C=O) groups is 1. The molecular formula is C12H22N4O. The Labute approximate surface area is 102 Å². The van der Waals surface area contributed by atoms with Crippen molar-refractivity contribution < 1.29 is 4.79 Å². The van der Waals surface area contributed by atoms with Crippen LogP contribution in [-0.4, -0.2) is 28.3 Å². The molecule has 1 heterocycles. The third kappa shape index (κ3) is 3.56. The smallest absolute Gasteiger partial charge is 0.269 e. The normalized spacial score (nSPS) is 12.8. The van der Waals surface area contributed by atoms with Crippen molar-refractivity contribution in [3.63, 3.8) is 0 Å². The van der Waals surface area contributed by atoms with E-state index in [0.29, 0.717) is 18.2 Å². The molecule has 5 heteroatoms. The molecule has 0 saturated heterocycles. The number of amides is 1. The lowest BCUT2D eigenvalue weighted by atomic mass is 9.95. The van der Waals surface area contributed by atoms with Crippen LogP contribution in [0.4, 0.5) is 0 Å². The molecular weight excluding hydrogens is 216 g/mol. The first kappa shape index (κ1) is 13.7. The lowest BCUT2D eigenvalue weighted by Gasteiger charge is -2.21. The minimum Gasteiger partial charge on any atom is -0.349 e. The molecule has 1 atom stereocenters. The molecule has 0 bridgehead atoms. The van der Waals surface area contributed by atoms with Gasteiger partial charge >= 0.3 is 0 Å². The largest absolute Gasteiger partial charge is 0.349 e. The number of nitrogens with two attached hydrogens (primary N) is 1. The van der Waals surface area contributed by atoms with Gasteiger partial charge in [0.25, 0.3) is 5.91 Å². The van der Waals surface area contributed by atoms with Gasteiger partial charge in [-0.2, -0.15) is 5.10 Å². The molecule has 1 aromatic heterocycles. The van der Waals surface area contributed by atoms with Crippen LogP contribution in [0.5, 0.6) is 0 Å². The average Bonchev–Trinajstić information content (AvgIpc) is 2.74. The van der Waals surface area contributed by atoms with Gasteiger partial charge in [-0.3, -0.25) is 9.48 Å². The summed E-state index contributed by atoms with van der Waals surface area (Å²) in [7, 11) is 1.75. The van der Waals surface area contributed by atoms with Crippen LogP contribution in [0.25, 0.3) is 0 Å². The molecule has 0 aliphatic rings. The topological polar surface area (TPSA) is 72.9 Å². The van der Waals surface area contributed by atoms with Crippen LogP contribution < -0.4 is 11.1 Å². The number of hydrogen-bond acceptors (Lipinski definition) is 3. The van der Waals surface area contributed by atoms with E-state index < -0.39 is 0 Å². The lowest BCUT2D eigenvalue weighted by molar-refractivity contribution is 0.0938. The van der Waals surface area contributed by atoms with Gasteiger partial charge in [0.2, 0.25) is 0 Å². The van der Waals surface area contributed by atoms with Crippen molar-refractivity contribution in [3.05, 3.63) is 18.0 Å². The first-order valence-corrected chi connectivity index (χ1v) is 6.11. The van der Waals surface area contributed by atoms with Crippen LogP contribution in [0.2, 0.25) is 0 Å². The van der Waals surface area contributed by atoms with Crippen LogP contribution in [-0.2, 0) is 7.05 Å². The summed E-state index contributed by atoms with van der Waals surface area (Å²) in [4.78, 5) is 11.8. The Balaban J connectivity index is 2.46. The third-order valence-corrected chi connectivity index (χ3v) is 3.21. The van der Waals surface area contributed by atoms with Crippen molar-refractivity contribution in [2.45, 2.75) is 32.7 Å². The second-order valence-corrected chi connectivity index (χ2v) is 4.29. The molecule has 0 saturated carbocycles. The minimum absolute atomic E-state index is 0.0159. The maximum atomic E-state index is 11.8. The van der Waals surface area contributed by atoms with Crippen molar-refractivity contribution in [1.82, 2.24) is 15.1 Å². The van der Waals surface area contributed by atoms with Crippen LogP contribution in [0.1, 0.15) is 37.2 Å². The van der Waals surface area contributed by atoms with E-state index in [1.165, 1.54) is 0 Å². The lowest BCUT2D eigenvalue weighted by Crippen LogP contribution is -2.42. The molecule has 3 N–H and O–H groups in total. The maximum Gasteiger partial charge on any atom is 0.269 e. The summed E-state index contributed by atoms with van der Waals surface area (Å²) in [6.07, 6.45) is 3.69. The highest BCUT2D eigenvalue weighted by Crippen LogP contribution is 2.10. The highest BCUT2D eigenvalue weighted by molar-refractivity contribution is 5.92. The molecule has 1 aromatic rings. The second kappa shape index (κ2) is 6.39. The first-order chi connectivity index (χ1) is 8.10. The predicted octanol–water partition coefficient (Wildman–Crippen LogP) is 0.913. The van der Waals surface area contributed by atoms with Crippen LogP contribution in [0.15, 0.2) is 12.3 Å². The molecule has 5 nitrogen and oxygen atoms in total. The highest BCUT2D eigenvalue weighted by atomic mass is 16.2. The number of rotatable bonds is 6. The Morgan fingerprint density at radius 2 is 2.18 bits per heavy atom. The van der Waals surface area contributed by atoms with Gasteiger partial charge in [-0.05, 0) is 12.0 Å². The summed E-state index contributed by atoms with van der Waals surface area (Å²) in [5.41, 5.74) is 6.60. The van der Waals surface area contributed by atoms with Crippen molar-refractivity contribution in [2.75, 3.05) is 6.54 Å². The SMILES string of the molecule is CCC(CC)C(N)CNC(=O)c1ccnn1C. The first-order valence-electron chi connectivity index (χ1n) is 6.11. The van der Waals surface area contributed by atoms with Crippen molar-refractivity contribution in [2.24, 2.45) is 18.7 Å². The predicted molar refractivity (Wildman–Crippen MR) is 67.6 cm³/mol. The Hall–Kier alpha value is -1.36. The Morgan fingerprint density at radius 3 is 2.65 bits per heavy atom. The van der Waals surface area contributed by atoms with E-state index in [1.54, 1.807) is 24.0 Å². The number of aromatic nitrogens is 2. The highest BCUT2D eigenvalue weighted by Gasteiger charge is 2.16. The van der Waals surface area contributed by atoms with E-state index in [0.717, 1.165) is 12.8 Å². The molecule has 96 valence electrons. The van der Waals surface area contributed by atoms with Gasteiger partial charge in [-0.15, -0.1) is 0 Å². The average molecular weight is 238 g/mol. The van der Waals surface area contributed by atoms with Crippen molar-refractivity contribution in [3.8, 4) is 0 Å². The third-order valence-electron chi connectivity index (χ3n) is 3.21. The zero-order valence-corrected chi connectivity index (χ0v) is 10.8. The van der Waals surface area contributed by atoms with E-state index in [4.69, 9.17) is 5.73 Å². The fraction of sp³-hybridized carbons (Fsp3) is 0.667. The van der Waals surface area contributed by atoms with E-state index >= 15 is 0 Å². The van der Waals surface area contributed by atoms with E-state index in [9.17, 15) is 4.79 Å². The molecule has 0 aliphatic heterocycles. The fourth-order valence-electron chi connectivity index (χ4n) is 1.96. The Bertz CT molecular complexity index is 357. The quantitative estimate of drug-likeness (QED) is 0.774. The zero-order chi connectivity index (χ0) is 12.8.